The minimum atomic E-state index is -2.54. The Morgan fingerprint density at radius 3 is 2.39 bits per heavy atom. The van der Waals surface area contributed by atoms with Crippen molar-refractivity contribution >= 4 is 27.5 Å². The fourth-order valence-electron chi connectivity index (χ4n) is 4.52. The second-order valence-electron chi connectivity index (χ2n) is 9.43. The van der Waals surface area contributed by atoms with Gasteiger partial charge in [0.15, 0.2) is 6.10 Å². The van der Waals surface area contributed by atoms with Crippen LogP contribution >= 0.6 is 11.3 Å². The lowest BCUT2D eigenvalue weighted by molar-refractivity contribution is -0.164. The average molecular weight is 474 g/mol. The van der Waals surface area contributed by atoms with Crippen molar-refractivity contribution in [2.24, 2.45) is 0 Å². The summed E-state index contributed by atoms with van der Waals surface area (Å²) in [6.45, 7) is 7.52. The standard InChI is InChI=1S/C26H29F2NO3S/c1-14-19(22(25(30)31-5)32-26(2,3)4)20(15-10-12-16(13-11-15)23(27)28)21-17-8-6-7-9-18(17)33-24(21)29-14/h10-13,22-23H,6-9H2,1-5H3. The number of esters is 1. The molecule has 0 amide bonds. The molecule has 33 heavy (non-hydrogen) atoms. The number of rotatable bonds is 5. The number of aromatic nitrogens is 1. The highest BCUT2D eigenvalue weighted by molar-refractivity contribution is 7.19. The number of aryl methyl sites for hydroxylation is 3. The van der Waals surface area contributed by atoms with Crippen LogP contribution in [-0.2, 0) is 27.1 Å². The van der Waals surface area contributed by atoms with E-state index in [1.54, 1.807) is 23.5 Å². The summed E-state index contributed by atoms with van der Waals surface area (Å²) in [5, 5.41) is 1.01. The highest BCUT2D eigenvalue weighted by atomic mass is 32.1. The second kappa shape index (κ2) is 9.11. The third-order valence-electron chi connectivity index (χ3n) is 5.93. The molecule has 0 fully saturated rings. The quantitative estimate of drug-likeness (QED) is 0.370. The van der Waals surface area contributed by atoms with Gasteiger partial charge in [-0.25, -0.2) is 18.6 Å². The maximum atomic E-state index is 13.2. The molecule has 1 aliphatic carbocycles. The molecule has 0 aliphatic heterocycles. The fourth-order valence-corrected chi connectivity index (χ4v) is 5.83. The Kier molecular flexibility index (Phi) is 6.56. The van der Waals surface area contributed by atoms with E-state index >= 15 is 0 Å². The highest BCUT2D eigenvalue weighted by Crippen LogP contribution is 2.46. The van der Waals surface area contributed by atoms with E-state index in [9.17, 15) is 13.6 Å². The van der Waals surface area contributed by atoms with Crippen molar-refractivity contribution in [1.82, 2.24) is 4.98 Å². The van der Waals surface area contributed by atoms with Gasteiger partial charge >= 0.3 is 5.97 Å². The Hall–Kier alpha value is -2.38. The van der Waals surface area contributed by atoms with E-state index < -0.39 is 24.1 Å². The normalized spacial score (nSPS) is 15.0. The van der Waals surface area contributed by atoms with Crippen molar-refractivity contribution in [3.8, 4) is 11.1 Å². The van der Waals surface area contributed by atoms with Gasteiger partial charge in [0.25, 0.3) is 6.43 Å². The molecule has 7 heteroatoms. The Bertz CT molecular complexity index is 1180. The van der Waals surface area contributed by atoms with Gasteiger partial charge in [0, 0.05) is 32.6 Å². The third-order valence-corrected chi connectivity index (χ3v) is 7.12. The predicted molar refractivity (Wildman–Crippen MR) is 127 cm³/mol. The molecule has 4 rings (SSSR count). The van der Waals surface area contributed by atoms with Gasteiger partial charge in [0.1, 0.15) is 4.83 Å². The molecule has 0 N–H and O–H groups in total. The monoisotopic (exact) mass is 473 g/mol. The van der Waals surface area contributed by atoms with Gasteiger partial charge < -0.3 is 9.47 Å². The number of methoxy groups -OCH3 is 1. The molecule has 1 unspecified atom stereocenters. The van der Waals surface area contributed by atoms with E-state index in [1.165, 1.54) is 29.7 Å². The molecule has 0 bridgehead atoms. The lowest BCUT2D eigenvalue weighted by atomic mass is 9.87. The van der Waals surface area contributed by atoms with Crippen LogP contribution in [0.25, 0.3) is 21.3 Å². The molecular formula is C26H29F2NO3S. The number of thiophene rings is 1. The summed E-state index contributed by atoms with van der Waals surface area (Å²) in [5.41, 5.74) is 3.51. The molecule has 0 saturated carbocycles. The smallest absolute Gasteiger partial charge is 0.339 e. The van der Waals surface area contributed by atoms with Crippen LogP contribution in [0.2, 0.25) is 0 Å². The molecule has 0 spiro atoms. The van der Waals surface area contributed by atoms with Crippen LogP contribution in [0.15, 0.2) is 24.3 Å². The Labute approximate surface area is 196 Å². The van der Waals surface area contributed by atoms with Gasteiger partial charge in [-0.05, 0) is 64.5 Å². The van der Waals surface area contributed by atoms with E-state index in [1.807, 2.05) is 27.7 Å². The first-order valence-corrected chi connectivity index (χ1v) is 12.0. The number of carbonyl (C=O) groups excluding carboxylic acids is 1. The van der Waals surface area contributed by atoms with E-state index in [0.29, 0.717) is 11.3 Å². The zero-order valence-electron chi connectivity index (χ0n) is 19.6. The lowest BCUT2D eigenvalue weighted by Crippen LogP contribution is -2.29. The maximum absolute atomic E-state index is 13.2. The SMILES string of the molecule is COC(=O)C(OC(C)(C)C)c1c(C)nc2sc3c(c2c1-c1ccc(C(F)F)cc1)CCCC3. The van der Waals surface area contributed by atoms with E-state index in [4.69, 9.17) is 14.5 Å². The number of alkyl halides is 2. The fraction of sp³-hybridized carbons (Fsp3) is 0.462. The van der Waals surface area contributed by atoms with Crippen molar-refractivity contribution in [1.29, 1.82) is 0 Å². The molecule has 4 nitrogen and oxygen atoms in total. The first-order valence-electron chi connectivity index (χ1n) is 11.2. The maximum Gasteiger partial charge on any atom is 0.339 e. The number of halogens is 2. The Morgan fingerprint density at radius 2 is 1.79 bits per heavy atom. The Balaban J connectivity index is 2.05. The number of nitrogens with zero attached hydrogens (tertiary/aromatic N) is 1. The highest BCUT2D eigenvalue weighted by Gasteiger charge is 2.34. The minimum Gasteiger partial charge on any atom is -0.467 e. The summed E-state index contributed by atoms with van der Waals surface area (Å²) in [4.78, 5) is 20.1. The molecule has 2 heterocycles. The van der Waals surface area contributed by atoms with Crippen LogP contribution < -0.4 is 0 Å². The molecule has 1 aliphatic rings. The van der Waals surface area contributed by atoms with Crippen LogP contribution in [-0.4, -0.2) is 23.7 Å². The van der Waals surface area contributed by atoms with Crippen LogP contribution in [0.3, 0.4) is 0 Å². The Morgan fingerprint density at radius 1 is 1.12 bits per heavy atom. The molecule has 0 radical (unpaired) electrons. The first-order chi connectivity index (χ1) is 15.6. The van der Waals surface area contributed by atoms with Crippen molar-refractivity contribution in [3.63, 3.8) is 0 Å². The number of benzene rings is 1. The third kappa shape index (κ3) is 4.66. The number of pyridine rings is 1. The van der Waals surface area contributed by atoms with Gasteiger partial charge in [0.2, 0.25) is 0 Å². The number of ether oxygens (including phenoxy) is 2. The van der Waals surface area contributed by atoms with Gasteiger partial charge in [-0.2, -0.15) is 0 Å². The molecule has 1 aromatic carbocycles. The molecular weight excluding hydrogens is 444 g/mol. The van der Waals surface area contributed by atoms with Crippen molar-refractivity contribution < 1.29 is 23.0 Å². The first kappa shape index (κ1) is 23.8. The number of carbonyl (C=O) groups is 1. The van der Waals surface area contributed by atoms with Crippen LogP contribution in [0.5, 0.6) is 0 Å². The lowest BCUT2D eigenvalue weighted by Gasteiger charge is -2.29. The molecule has 176 valence electrons. The van der Waals surface area contributed by atoms with Crippen molar-refractivity contribution in [2.45, 2.75) is 71.5 Å². The average Bonchev–Trinajstić information content (AvgIpc) is 3.13. The summed E-state index contributed by atoms with van der Waals surface area (Å²) in [5.74, 6) is -0.510. The topological polar surface area (TPSA) is 48.4 Å². The summed E-state index contributed by atoms with van der Waals surface area (Å²) in [6, 6.07) is 6.30. The molecule has 2 aromatic heterocycles. The summed E-state index contributed by atoms with van der Waals surface area (Å²) < 4.78 is 37.8. The summed E-state index contributed by atoms with van der Waals surface area (Å²) in [6.07, 6.45) is 0.639. The van der Waals surface area contributed by atoms with Crippen molar-refractivity contribution in [3.05, 3.63) is 51.5 Å². The van der Waals surface area contributed by atoms with Crippen molar-refractivity contribution in [2.75, 3.05) is 7.11 Å². The summed E-state index contributed by atoms with van der Waals surface area (Å²) >= 11 is 1.69. The van der Waals surface area contributed by atoms with E-state index in [-0.39, 0.29) is 5.56 Å². The van der Waals surface area contributed by atoms with Crippen LogP contribution in [0.1, 0.15) is 73.4 Å². The molecule has 3 aromatic rings. The largest absolute Gasteiger partial charge is 0.467 e. The van der Waals surface area contributed by atoms with Gasteiger partial charge in [-0.15, -0.1) is 11.3 Å². The summed E-state index contributed by atoms with van der Waals surface area (Å²) in [7, 11) is 1.34. The zero-order chi connectivity index (χ0) is 23.9. The van der Waals surface area contributed by atoms with Gasteiger partial charge in [0.05, 0.1) is 12.7 Å². The zero-order valence-corrected chi connectivity index (χ0v) is 20.4. The number of hydrogen-bond acceptors (Lipinski definition) is 5. The molecule has 0 saturated heterocycles. The number of hydrogen-bond donors (Lipinski definition) is 0. The van der Waals surface area contributed by atoms with Gasteiger partial charge in [-0.3, -0.25) is 0 Å². The van der Waals surface area contributed by atoms with Crippen LogP contribution in [0.4, 0.5) is 8.78 Å². The van der Waals surface area contributed by atoms with Gasteiger partial charge in [-0.1, -0.05) is 24.3 Å². The predicted octanol–water partition coefficient (Wildman–Crippen LogP) is 7.12. The van der Waals surface area contributed by atoms with E-state index in [2.05, 4.69) is 0 Å². The second-order valence-corrected chi connectivity index (χ2v) is 10.5. The number of fused-ring (bicyclic) bond motifs is 3. The van der Waals surface area contributed by atoms with E-state index in [0.717, 1.165) is 47.0 Å². The minimum absolute atomic E-state index is 0.0369. The molecule has 1 atom stereocenters. The van der Waals surface area contributed by atoms with Crippen LogP contribution in [0, 0.1) is 6.92 Å².